The minimum atomic E-state index is -0.311. The molecule has 0 aliphatic carbocycles. The number of pyridine rings is 1. The van der Waals surface area contributed by atoms with Crippen LogP contribution in [-0.2, 0) is 0 Å². The third kappa shape index (κ3) is 5.64. The van der Waals surface area contributed by atoms with Crippen LogP contribution in [0.2, 0.25) is 0 Å². The van der Waals surface area contributed by atoms with Crippen molar-refractivity contribution in [1.29, 1.82) is 0 Å². The van der Waals surface area contributed by atoms with Crippen LogP contribution in [0.1, 0.15) is 15.9 Å². The minimum Gasteiger partial charge on any atom is -0.457 e. The van der Waals surface area contributed by atoms with Gasteiger partial charge in [0.05, 0.1) is 23.0 Å². The van der Waals surface area contributed by atoms with Gasteiger partial charge in [-0.3, -0.25) is 4.79 Å². The lowest BCUT2D eigenvalue weighted by Crippen LogP contribution is -2.18. The zero-order valence-corrected chi connectivity index (χ0v) is 21.6. The zero-order valence-electron chi connectivity index (χ0n) is 21.6. The molecule has 0 aliphatic heterocycles. The molecule has 1 N–H and O–H groups in total. The molecule has 1 heterocycles. The Balaban J connectivity index is 1.23. The monoisotopic (exact) mass is 519 g/mol. The average Bonchev–Trinajstić information content (AvgIpc) is 3.02. The van der Waals surface area contributed by atoms with Gasteiger partial charge in [0.15, 0.2) is 0 Å². The summed E-state index contributed by atoms with van der Waals surface area (Å²) in [6.45, 7) is 0. The summed E-state index contributed by atoms with van der Waals surface area (Å²) in [4.78, 5) is 18.1. The first-order valence-electron chi connectivity index (χ1n) is 12.9. The molecule has 6 rings (SSSR count). The highest BCUT2D eigenvalue weighted by molar-refractivity contribution is 6.07. The predicted molar refractivity (Wildman–Crippen MR) is 161 cm³/mol. The number of carbonyl (C=O) groups is 1. The lowest BCUT2D eigenvalue weighted by Gasteiger charge is -2.10. The van der Waals surface area contributed by atoms with Crippen molar-refractivity contribution in [1.82, 2.24) is 10.4 Å². The first kappa shape index (κ1) is 24.8. The maximum absolute atomic E-state index is 13.3. The maximum atomic E-state index is 13.3. The molecule has 1 amide bonds. The molecule has 0 saturated heterocycles. The van der Waals surface area contributed by atoms with Gasteiger partial charge in [-0.05, 0) is 53.1 Å². The van der Waals surface area contributed by atoms with Gasteiger partial charge in [-0.2, -0.15) is 5.10 Å². The zero-order chi connectivity index (χ0) is 27.1. The summed E-state index contributed by atoms with van der Waals surface area (Å²) in [5.74, 6) is 1.12. The molecule has 0 radical (unpaired) electrons. The fourth-order valence-electron chi connectivity index (χ4n) is 4.48. The van der Waals surface area contributed by atoms with Crippen molar-refractivity contribution in [2.24, 2.45) is 5.10 Å². The van der Waals surface area contributed by atoms with E-state index in [1.165, 1.54) is 0 Å². The van der Waals surface area contributed by atoms with Crippen molar-refractivity contribution in [2.45, 2.75) is 0 Å². The third-order valence-electron chi connectivity index (χ3n) is 6.47. The normalized spacial score (nSPS) is 11.0. The SMILES string of the molecule is O=C(NN=Cc1cccc(Oc2ccccc2)c1)c1cc(-c2ccc(-c3ccccc3)cc2)nc2ccccc12. The Morgan fingerprint density at radius 2 is 1.30 bits per heavy atom. The molecular weight excluding hydrogens is 494 g/mol. The summed E-state index contributed by atoms with van der Waals surface area (Å²) in [5, 5.41) is 4.98. The van der Waals surface area contributed by atoms with E-state index in [4.69, 9.17) is 9.72 Å². The molecule has 192 valence electrons. The van der Waals surface area contributed by atoms with Gasteiger partial charge in [0, 0.05) is 10.9 Å². The first-order chi connectivity index (χ1) is 19.7. The molecule has 0 spiro atoms. The number of benzene rings is 5. The number of rotatable bonds is 7. The Bertz CT molecular complexity index is 1800. The smallest absolute Gasteiger partial charge is 0.272 e. The standard InChI is InChI=1S/C35H25N3O2/c39-35(38-36-24-25-10-9-15-30(22-25)40-29-13-5-2-6-14-29)32-23-34(37-33-17-8-7-16-31(32)33)28-20-18-27(19-21-28)26-11-3-1-4-12-26/h1-24H,(H,38,39). The molecule has 0 atom stereocenters. The summed E-state index contributed by atoms with van der Waals surface area (Å²) in [7, 11) is 0. The van der Waals surface area contributed by atoms with E-state index < -0.39 is 0 Å². The van der Waals surface area contributed by atoms with E-state index in [-0.39, 0.29) is 5.91 Å². The maximum Gasteiger partial charge on any atom is 0.272 e. The molecule has 5 aromatic carbocycles. The van der Waals surface area contributed by atoms with Crippen LogP contribution in [0.5, 0.6) is 11.5 Å². The number of hydrogen-bond acceptors (Lipinski definition) is 4. The second-order valence-corrected chi connectivity index (χ2v) is 9.20. The number of ether oxygens (including phenoxy) is 1. The predicted octanol–water partition coefficient (Wildman–Crippen LogP) is 8.13. The largest absolute Gasteiger partial charge is 0.457 e. The number of amides is 1. The number of carbonyl (C=O) groups excluding carboxylic acids is 1. The van der Waals surface area contributed by atoms with Gasteiger partial charge in [-0.15, -0.1) is 0 Å². The van der Waals surface area contributed by atoms with Crippen LogP contribution in [0, 0.1) is 0 Å². The lowest BCUT2D eigenvalue weighted by molar-refractivity contribution is 0.0956. The highest BCUT2D eigenvalue weighted by Gasteiger charge is 2.14. The van der Waals surface area contributed by atoms with Crippen molar-refractivity contribution in [3.8, 4) is 33.9 Å². The number of fused-ring (bicyclic) bond motifs is 1. The van der Waals surface area contributed by atoms with E-state index in [2.05, 4.69) is 34.8 Å². The van der Waals surface area contributed by atoms with Crippen molar-refractivity contribution in [2.75, 3.05) is 0 Å². The highest BCUT2D eigenvalue weighted by Crippen LogP contribution is 2.28. The van der Waals surface area contributed by atoms with E-state index in [1.54, 1.807) is 6.21 Å². The molecule has 0 fully saturated rings. The number of nitrogens with one attached hydrogen (secondary N) is 1. The van der Waals surface area contributed by atoms with Gasteiger partial charge in [-0.25, -0.2) is 10.4 Å². The Hall–Kier alpha value is -5.55. The summed E-state index contributed by atoms with van der Waals surface area (Å²) in [6.07, 6.45) is 1.60. The Morgan fingerprint density at radius 3 is 2.10 bits per heavy atom. The fourth-order valence-corrected chi connectivity index (χ4v) is 4.48. The summed E-state index contributed by atoms with van der Waals surface area (Å²) in [6, 6.07) is 45.0. The third-order valence-corrected chi connectivity index (χ3v) is 6.47. The highest BCUT2D eigenvalue weighted by atomic mass is 16.5. The van der Waals surface area contributed by atoms with E-state index >= 15 is 0 Å². The quantitative estimate of drug-likeness (QED) is 0.171. The molecule has 6 aromatic rings. The van der Waals surface area contributed by atoms with Gasteiger partial charge < -0.3 is 4.74 Å². The number of nitrogens with zero attached hydrogens (tertiary/aromatic N) is 2. The summed E-state index contributed by atoms with van der Waals surface area (Å²) in [5.41, 5.74) is 8.65. The first-order valence-corrected chi connectivity index (χ1v) is 12.9. The molecule has 5 heteroatoms. The Labute approximate surface area is 232 Å². The van der Waals surface area contributed by atoms with Gasteiger partial charge in [0.2, 0.25) is 0 Å². The topological polar surface area (TPSA) is 63.6 Å². The van der Waals surface area contributed by atoms with E-state index in [9.17, 15) is 4.79 Å². The fraction of sp³-hybridized carbons (Fsp3) is 0. The van der Waals surface area contributed by atoms with Crippen LogP contribution in [0.25, 0.3) is 33.3 Å². The average molecular weight is 520 g/mol. The van der Waals surface area contributed by atoms with Crippen molar-refractivity contribution in [3.05, 3.63) is 151 Å². The van der Waals surface area contributed by atoms with Gasteiger partial charge in [0.25, 0.3) is 5.91 Å². The van der Waals surface area contributed by atoms with Crippen LogP contribution in [0.4, 0.5) is 0 Å². The second-order valence-electron chi connectivity index (χ2n) is 9.20. The molecule has 0 aliphatic rings. The minimum absolute atomic E-state index is 0.311. The molecule has 0 unspecified atom stereocenters. The molecular formula is C35H25N3O2. The molecule has 40 heavy (non-hydrogen) atoms. The summed E-state index contributed by atoms with van der Waals surface area (Å²) < 4.78 is 5.90. The van der Waals surface area contributed by atoms with E-state index in [0.717, 1.165) is 44.6 Å². The van der Waals surface area contributed by atoms with Crippen LogP contribution in [0.15, 0.2) is 145 Å². The molecule has 0 saturated carbocycles. The molecule has 0 bridgehead atoms. The van der Waals surface area contributed by atoms with Crippen molar-refractivity contribution < 1.29 is 9.53 Å². The number of aromatic nitrogens is 1. The molecule has 5 nitrogen and oxygen atoms in total. The second kappa shape index (κ2) is 11.5. The lowest BCUT2D eigenvalue weighted by atomic mass is 10.0. The molecule has 1 aromatic heterocycles. The van der Waals surface area contributed by atoms with Crippen LogP contribution < -0.4 is 10.2 Å². The van der Waals surface area contributed by atoms with E-state index in [1.807, 2.05) is 115 Å². The van der Waals surface area contributed by atoms with Crippen molar-refractivity contribution >= 4 is 23.0 Å². The number of hydrazone groups is 1. The van der Waals surface area contributed by atoms with Gasteiger partial charge in [-0.1, -0.05) is 103 Å². The summed E-state index contributed by atoms with van der Waals surface area (Å²) >= 11 is 0. The van der Waals surface area contributed by atoms with Crippen LogP contribution in [-0.4, -0.2) is 17.1 Å². The Morgan fingerprint density at radius 1 is 0.650 bits per heavy atom. The van der Waals surface area contributed by atoms with Gasteiger partial charge >= 0.3 is 0 Å². The van der Waals surface area contributed by atoms with Gasteiger partial charge in [0.1, 0.15) is 11.5 Å². The Kier molecular flexibility index (Phi) is 7.09. The van der Waals surface area contributed by atoms with Crippen LogP contribution >= 0.6 is 0 Å². The van der Waals surface area contributed by atoms with Crippen molar-refractivity contribution in [3.63, 3.8) is 0 Å². The van der Waals surface area contributed by atoms with Crippen LogP contribution in [0.3, 0.4) is 0 Å². The number of hydrogen-bond donors (Lipinski definition) is 1. The number of para-hydroxylation sites is 2. The van der Waals surface area contributed by atoms with E-state index in [0.29, 0.717) is 11.3 Å².